The molecule has 5 rings (SSSR count). The van der Waals surface area contributed by atoms with Crippen LogP contribution in [0.1, 0.15) is 48.0 Å². The molecule has 1 fully saturated rings. The maximum atomic E-state index is 13.0. The number of carbonyl (C=O) groups excluding carboxylic acids is 1. The highest BCUT2D eigenvalue weighted by atomic mass is 16.1. The number of carbonyl (C=O) groups is 1. The van der Waals surface area contributed by atoms with Crippen molar-refractivity contribution in [1.82, 2.24) is 4.98 Å². The van der Waals surface area contributed by atoms with Gasteiger partial charge >= 0.3 is 0 Å². The number of hydrogen-bond acceptors (Lipinski definition) is 3. The number of ketones is 1. The van der Waals surface area contributed by atoms with Crippen molar-refractivity contribution in [2.75, 3.05) is 5.32 Å². The van der Waals surface area contributed by atoms with E-state index < -0.39 is 0 Å². The summed E-state index contributed by atoms with van der Waals surface area (Å²) in [6.45, 7) is 0. The number of rotatable bonds is 2. The molecule has 4 heteroatoms. The summed E-state index contributed by atoms with van der Waals surface area (Å²) in [4.78, 5) is 28.9. The lowest BCUT2D eigenvalue weighted by molar-refractivity contribution is 0.104. The molecule has 1 heterocycles. The van der Waals surface area contributed by atoms with E-state index in [1.807, 2.05) is 42.5 Å². The average molecular weight is 344 g/mol. The van der Waals surface area contributed by atoms with E-state index in [-0.39, 0.29) is 11.3 Å². The van der Waals surface area contributed by atoms with Crippen molar-refractivity contribution >= 4 is 22.4 Å². The number of H-pyrrole nitrogens is 1. The summed E-state index contributed by atoms with van der Waals surface area (Å²) in [7, 11) is 0. The van der Waals surface area contributed by atoms with Crippen molar-refractivity contribution in [2.24, 2.45) is 0 Å². The Kier molecular flexibility index (Phi) is 3.45. The monoisotopic (exact) mass is 344 g/mol. The molecule has 2 aliphatic rings. The Labute approximate surface area is 151 Å². The van der Waals surface area contributed by atoms with Crippen LogP contribution < -0.4 is 10.9 Å². The Morgan fingerprint density at radius 3 is 2.38 bits per heavy atom. The minimum absolute atomic E-state index is 0.0226. The minimum Gasteiger partial charge on any atom is -0.377 e. The van der Waals surface area contributed by atoms with Crippen molar-refractivity contribution in [3.8, 4) is 11.1 Å². The summed E-state index contributed by atoms with van der Waals surface area (Å²) in [6, 6.07) is 13.5. The highest BCUT2D eigenvalue weighted by Gasteiger charge is 2.29. The number of benzene rings is 2. The molecule has 0 saturated heterocycles. The van der Waals surface area contributed by atoms with Crippen LogP contribution in [0.25, 0.3) is 22.0 Å². The number of fused-ring (bicyclic) bond motifs is 2. The first-order chi connectivity index (χ1) is 12.7. The van der Waals surface area contributed by atoms with E-state index in [1.165, 1.54) is 19.3 Å². The predicted octanol–water partition coefficient (Wildman–Crippen LogP) is 4.48. The second-order valence-corrected chi connectivity index (χ2v) is 7.29. The summed E-state index contributed by atoms with van der Waals surface area (Å²) in [5.41, 5.74) is 4.28. The van der Waals surface area contributed by atoms with Gasteiger partial charge in [-0.2, -0.15) is 0 Å². The Balaban J connectivity index is 1.82. The van der Waals surface area contributed by atoms with Crippen LogP contribution in [0.2, 0.25) is 0 Å². The zero-order valence-corrected chi connectivity index (χ0v) is 14.5. The summed E-state index contributed by atoms with van der Waals surface area (Å²) in [6.07, 6.45) is 5.82. The topological polar surface area (TPSA) is 62.0 Å². The first kappa shape index (κ1) is 15.4. The molecule has 2 aliphatic carbocycles. The number of anilines is 1. The fraction of sp³-hybridized carbons (Fsp3) is 0.273. The maximum absolute atomic E-state index is 13.0. The molecule has 2 N–H and O–H groups in total. The van der Waals surface area contributed by atoms with E-state index in [2.05, 4.69) is 10.3 Å². The first-order valence-electron chi connectivity index (χ1n) is 9.33. The van der Waals surface area contributed by atoms with E-state index in [1.54, 1.807) is 0 Å². The molecule has 3 aromatic rings. The molecular weight excluding hydrogens is 324 g/mol. The number of pyridine rings is 1. The van der Waals surface area contributed by atoms with Crippen molar-refractivity contribution in [3.05, 3.63) is 63.9 Å². The summed E-state index contributed by atoms with van der Waals surface area (Å²) >= 11 is 0. The smallest absolute Gasteiger partial charge is 0.272 e. The summed E-state index contributed by atoms with van der Waals surface area (Å²) in [5.74, 6) is 0.0226. The normalized spacial score (nSPS) is 16.5. The number of hydrogen-bond donors (Lipinski definition) is 2. The van der Waals surface area contributed by atoms with Gasteiger partial charge in [-0.1, -0.05) is 55.7 Å². The van der Waals surface area contributed by atoms with E-state index in [4.69, 9.17) is 0 Å². The first-order valence-corrected chi connectivity index (χ1v) is 9.33. The largest absolute Gasteiger partial charge is 0.377 e. The maximum Gasteiger partial charge on any atom is 0.272 e. The SMILES string of the molecule is O=C1c2ccccc2-c2c(NC3CCCCC3)c(=O)[nH]c3cccc1c23. The molecule has 0 amide bonds. The van der Waals surface area contributed by atoms with Crippen molar-refractivity contribution < 1.29 is 4.79 Å². The van der Waals surface area contributed by atoms with Crippen LogP contribution in [-0.2, 0) is 0 Å². The van der Waals surface area contributed by atoms with Gasteiger partial charge in [0, 0.05) is 33.6 Å². The summed E-state index contributed by atoms with van der Waals surface area (Å²) in [5, 5.41) is 4.38. The molecule has 130 valence electrons. The molecule has 0 aliphatic heterocycles. The third-order valence-corrected chi connectivity index (χ3v) is 5.68. The van der Waals surface area contributed by atoms with Crippen LogP contribution in [0.3, 0.4) is 0 Å². The lowest BCUT2D eigenvalue weighted by atomic mass is 9.83. The second kappa shape index (κ2) is 5.84. The number of nitrogens with one attached hydrogen (secondary N) is 2. The van der Waals surface area contributed by atoms with Gasteiger partial charge < -0.3 is 10.3 Å². The molecule has 2 aromatic carbocycles. The number of aromatic nitrogens is 1. The van der Waals surface area contributed by atoms with Crippen molar-refractivity contribution in [1.29, 1.82) is 0 Å². The molecule has 0 radical (unpaired) electrons. The Bertz CT molecular complexity index is 1090. The minimum atomic E-state index is -0.112. The van der Waals surface area contributed by atoms with Gasteiger partial charge in [0.1, 0.15) is 5.69 Å². The van der Waals surface area contributed by atoms with Gasteiger partial charge in [-0.25, -0.2) is 0 Å². The second-order valence-electron chi connectivity index (χ2n) is 7.29. The fourth-order valence-electron chi connectivity index (χ4n) is 4.44. The Morgan fingerprint density at radius 2 is 1.58 bits per heavy atom. The highest BCUT2D eigenvalue weighted by molar-refractivity contribution is 6.26. The van der Waals surface area contributed by atoms with Gasteiger partial charge in [-0.05, 0) is 24.5 Å². The van der Waals surface area contributed by atoms with Crippen molar-refractivity contribution in [3.63, 3.8) is 0 Å². The lowest BCUT2D eigenvalue weighted by Gasteiger charge is -2.27. The summed E-state index contributed by atoms with van der Waals surface area (Å²) < 4.78 is 0. The van der Waals surface area contributed by atoms with Gasteiger partial charge in [0.2, 0.25) is 0 Å². The molecular formula is C22H20N2O2. The lowest BCUT2D eigenvalue weighted by Crippen LogP contribution is -2.28. The van der Waals surface area contributed by atoms with Gasteiger partial charge in [-0.3, -0.25) is 9.59 Å². The zero-order chi connectivity index (χ0) is 17.7. The van der Waals surface area contributed by atoms with E-state index in [0.29, 0.717) is 22.9 Å². The zero-order valence-electron chi connectivity index (χ0n) is 14.5. The molecule has 1 saturated carbocycles. The van der Waals surface area contributed by atoms with Crippen LogP contribution in [0.15, 0.2) is 47.3 Å². The van der Waals surface area contributed by atoms with E-state index >= 15 is 0 Å². The van der Waals surface area contributed by atoms with Crippen LogP contribution >= 0.6 is 0 Å². The van der Waals surface area contributed by atoms with Gasteiger partial charge in [-0.15, -0.1) is 0 Å². The van der Waals surface area contributed by atoms with Gasteiger partial charge in [0.05, 0.1) is 0 Å². The Hall–Kier alpha value is -2.88. The van der Waals surface area contributed by atoms with Gasteiger partial charge in [0.15, 0.2) is 5.78 Å². The molecule has 0 unspecified atom stereocenters. The van der Waals surface area contributed by atoms with Gasteiger partial charge in [0.25, 0.3) is 5.56 Å². The molecule has 1 aromatic heterocycles. The van der Waals surface area contributed by atoms with E-state index in [9.17, 15) is 9.59 Å². The third kappa shape index (κ3) is 2.22. The molecule has 0 atom stereocenters. The van der Waals surface area contributed by atoms with Crippen LogP contribution in [0.5, 0.6) is 0 Å². The fourth-order valence-corrected chi connectivity index (χ4v) is 4.44. The predicted molar refractivity (Wildman–Crippen MR) is 104 cm³/mol. The van der Waals surface area contributed by atoms with E-state index in [0.717, 1.165) is 34.9 Å². The molecule has 0 spiro atoms. The standard InChI is InChI=1S/C22H20N2O2/c25-21-15-10-5-4-9-14(15)19-18-16(21)11-6-12-17(18)24-22(26)20(19)23-13-7-2-1-3-8-13/h4-6,9-13,23H,1-3,7-8H2,(H,24,26). The third-order valence-electron chi connectivity index (χ3n) is 5.68. The molecule has 26 heavy (non-hydrogen) atoms. The average Bonchev–Trinajstić information content (AvgIpc) is 2.68. The van der Waals surface area contributed by atoms with Crippen LogP contribution in [0.4, 0.5) is 5.69 Å². The molecule has 4 nitrogen and oxygen atoms in total. The number of aromatic amines is 1. The quantitative estimate of drug-likeness (QED) is 0.563. The Morgan fingerprint density at radius 1 is 0.846 bits per heavy atom. The van der Waals surface area contributed by atoms with Crippen LogP contribution in [-0.4, -0.2) is 16.8 Å². The van der Waals surface area contributed by atoms with Crippen molar-refractivity contribution in [2.45, 2.75) is 38.1 Å². The highest BCUT2D eigenvalue weighted by Crippen LogP contribution is 2.42. The molecule has 0 bridgehead atoms. The van der Waals surface area contributed by atoms with Crippen LogP contribution in [0, 0.1) is 0 Å².